The average Bonchev–Trinajstić information content (AvgIpc) is 3.93. The van der Waals surface area contributed by atoms with Gasteiger partial charge in [0.1, 0.15) is 6.29 Å². The third-order valence-electron chi connectivity index (χ3n) is 13.5. The quantitative estimate of drug-likeness (QED) is 0.0262. The zero-order chi connectivity index (χ0) is 59.8. The number of ether oxygens (including phenoxy) is 5. The molecule has 1 aliphatic rings. The molecule has 0 aliphatic carbocycles. The van der Waals surface area contributed by atoms with Gasteiger partial charge < -0.3 is 38.5 Å². The van der Waals surface area contributed by atoms with Crippen LogP contribution in [-0.2, 0) is 52.5 Å². The number of aliphatic carboxylic acids is 1. The van der Waals surface area contributed by atoms with Gasteiger partial charge in [-0.05, 0) is 76.0 Å². The first-order valence-electron chi connectivity index (χ1n) is 32.5. The van der Waals surface area contributed by atoms with Gasteiger partial charge in [0.25, 0.3) is 0 Å². The van der Waals surface area contributed by atoms with Gasteiger partial charge in [0.05, 0.1) is 33.0 Å². The van der Waals surface area contributed by atoms with Crippen molar-refractivity contribution in [1.29, 1.82) is 0 Å². The number of nitrogens with zero attached hydrogens (tertiary/aromatic N) is 1. The van der Waals surface area contributed by atoms with Crippen molar-refractivity contribution in [3.8, 4) is 0 Å². The fourth-order valence-electron chi connectivity index (χ4n) is 8.63. The number of carbonyl (C=O) groups is 7. The molecular weight excluding hydrogens is 1000 g/mol. The van der Waals surface area contributed by atoms with Crippen molar-refractivity contribution >= 4 is 42.2 Å². The lowest BCUT2D eigenvalue weighted by molar-refractivity contribution is -0.150. The molecule has 1 aliphatic heterocycles. The summed E-state index contributed by atoms with van der Waals surface area (Å²) in [7, 11) is 0. The first kappa shape index (κ1) is 81.8. The monoisotopic (exact) mass is 1130 g/mol. The van der Waals surface area contributed by atoms with E-state index in [-0.39, 0.29) is 56.1 Å². The van der Waals surface area contributed by atoms with Crippen molar-refractivity contribution in [3.63, 3.8) is 0 Å². The van der Waals surface area contributed by atoms with Crippen LogP contribution in [0.4, 0.5) is 4.79 Å². The predicted molar refractivity (Wildman–Crippen MR) is 323 cm³/mol. The van der Waals surface area contributed by atoms with E-state index in [2.05, 4.69) is 48.5 Å². The van der Waals surface area contributed by atoms with E-state index in [4.69, 9.17) is 28.8 Å². The largest absolute Gasteiger partial charge is 0.481 e. The Morgan fingerprint density at radius 2 is 0.785 bits per heavy atom. The van der Waals surface area contributed by atoms with Crippen LogP contribution in [0.1, 0.15) is 320 Å². The lowest BCUT2D eigenvalue weighted by atomic mass is 9.94. The van der Waals surface area contributed by atoms with Gasteiger partial charge in [-0.15, -0.1) is 0 Å². The summed E-state index contributed by atoms with van der Waals surface area (Å²) in [4.78, 5) is 83.3. The molecule has 0 saturated carbocycles. The van der Waals surface area contributed by atoms with E-state index in [0.717, 1.165) is 122 Å². The Balaban J connectivity index is -0.000000538. The maximum absolute atomic E-state index is 12.2. The minimum Gasteiger partial charge on any atom is -0.481 e. The summed E-state index contributed by atoms with van der Waals surface area (Å²) < 4.78 is 26.3. The Morgan fingerprint density at radius 1 is 0.430 bits per heavy atom. The smallest absolute Gasteiger partial charge is 0.410 e. The number of likely N-dealkylation sites (tertiary alicyclic amines) is 1. The van der Waals surface area contributed by atoms with E-state index >= 15 is 0 Å². The van der Waals surface area contributed by atoms with Gasteiger partial charge in [0, 0.05) is 51.1 Å². The van der Waals surface area contributed by atoms with Gasteiger partial charge in [0.2, 0.25) is 0 Å². The van der Waals surface area contributed by atoms with Crippen LogP contribution >= 0.6 is 0 Å². The van der Waals surface area contributed by atoms with Gasteiger partial charge in [-0.2, -0.15) is 0 Å². The number of aldehydes is 1. The summed E-state index contributed by atoms with van der Waals surface area (Å²) in [5.74, 6) is -3.00. The summed E-state index contributed by atoms with van der Waals surface area (Å²) in [5, 5.41) is 9.04. The number of hydrogen-bond donors (Lipinski definition) is 1. The molecule has 1 amide bonds. The molecule has 0 aromatic rings. The molecule has 1 atom stereocenters. The van der Waals surface area contributed by atoms with E-state index in [1.54, 1.807) is 0 Å². The number of carboxylic acid groups (broad SMARTS) is 1. The third-order valence-corrected chi connectivity index (χ3v) is 13.5. The first-order chi connectivity index (χ1) is 38.3. The molecule has 0 bridgehead atoms. The maximum Gasteiger partial charge on any atom is 0.410 e. The fraction of sp³-hybridized carbons (Fsp3) is 0.892. The van der Waals surface area contributed by atoms with Crippen molar-refractivity contribution in [1.82, 2.24) is 4.90 Å². The topological polar surface area (TPSA) is 189 Å². The molecule has 468 valence electrons. The van der Waals surface area contributed by atoms with Gasteiger partial charge >= 0.3 is 35.9 Å². The summed E-state index contributed by atoms with van der Waals surface area (Å²) in [6, 6.07) is 0.421. The number of carboxylic acids is 1. The molecule has 0 aromatic heterocycles. The summed E-state index contributed by atoms with van der Waals surface area (Å²) >= 11 is 0. The fourth-order valence-corrected chi connectivity index (χ4v) is 8.63. The van der Waals surface area contributed by atoms with Crippen LogP contribution in [0.3, 0.4) is 0 Å². The van der Waals surface area contributed by atoms with Crippen LogP contribution in [-0.4, -0.2) is 97.9 Å². The van der Waals surface area contributed by atoms with Crippen molar-refractivity contribution in [3.05, 3.63) is 0 Å². The second-order valence-corrected chi connectivity index (χ2v) is 21.1. The summed E-state index contributed by atoms with van der Waals surface area (Å²) in [5.41, 5.74) is 0. The minimum atomic E-state index is -1.03. The number of esters is 4. The van der Waals surface area contributed by atoms with Crippen LogP contribution in [0.5, 0.6) is 0 Å². The van der Waals surface area contributed by atoms with E-state index in [1.165, 1.54) is 103 Å². The highest BCUT2D eigenvalue weighted by Gasteiger charge is 2.28. The van der Waals surface area contributed by atoms with Crippen molar-refractivity contribution in [2.24, 2.45) is 11.8 Å². The molecule has 0 aromatic carbocycles. The predicted octanol–water partition coefficient (Wildman–Crippen LogP) is 17.9. The van der Waals surface area contributed by atoms with Crippen LogP contribution in [0.2, 0.25) is 0 Å². The lowest BCUT2D eigenvalue weighted by Crippen LogP contribution is -2.35. The van der Waals surface area contributed by atoms with Crippen LogP contribution in [0.15, 0.2) is 0 Å². The highest BCUT2D eigenvalue weighted by Crippen LogP contribution is 2.22. The molecule has 1 fully saturated rings. The SMILES string of the molecule is CC.CCCC.CCCCCCCCOC(=O)CC(CC(=O)O)CC(=O)OCCCCCCCC.CCCCCCCCOC(=O)CC(CCCCC=O)CC(=O)OCCCCCCCC.CCCOC(=O)N1CCCC1CC. The Kier molecular flexibility index (Phi) is 69.1. The highest BCUT2D eigenvalue weighted by molar-refractivity contribution is 5.76. The number of hydrogen-bond acceptors (Lipinski definition) is 12. The molecule has 1 rings (SSSR count). The number of unbranched alkanes of at least 4 members (excludes halogenated alkanes) is 23. The van der Waals surface area contributed by atoms with Gasteiger partial charge in [0.15, 0.2) is 0 Å². The van der Waals surface area contributed by atoms with E-state index < -0.39 is 23.8 Å². The van der Waals surface area contributed by atoms with Gasteiger partial charge in [-0.3, -0.25) is 24.0 Å². The normalized spacial score (nSPS) is 12.4. The van der Waals surface area contributed by atoms with Crippen molar-refractivity contribution in [2.75, 3.05) is 39.6 Å². The summed E-state index contributed by atoms with van der Waals surface area (Å²) in [6.45, 7) is 24.3. The maximum atomic E-state index is 12.2. The van der Waals surface area contributed by atoms with Crippen LogP contribution in [0, 0.1) is 11.8 Å². The van der Waals surface area contributed by atoms with Gasteiger partial charge in [-0.1, -0.05) is 217 Å². The Morgan fingerprint density at radius 3 is 1.10 bits per heavy atom. The first-order valence-corrected chi connectivity index (χ1v) is 32.5. The zero-order valence-electron chi connectivity index (χ0n) is 52.9. The zero-order valence-corrected chi connectivity index (χ0v) is 52.9. The van der Waals surface area contributed by atoms with Crippen molar-refractivity contribution in [2.45, 2.75) is 326 Å². The number of carbonyl (C=O) groups excluding carboxylic acids is 6. The molecule has 1 heterocycles. The molecule has 0 radical (unpaired) electrons. The minimum absolute atomic E-state index is 0.0613. The molecular formula is C65H125NO13. The van der Waals surface area contributed by atoms with Crippen molar-refractivity contribution < 1.29 is 62.4 Å². The Hall–Kier alpha value is -3.71. The Bertz CT molecular complexity index is 1310. The molecule has 0 spiro atoms. The van der Waals surface area contributed by atoms with Crippen LogP contribution in [0.25, 0.3) is 0 Å². The Labute approximate surface area is 484 Å². The number of rotatable bonds is 47. The summed E-state index contributed by atoms with van der Waals surface area (Å²) in [6.07, 6.45) is 37.7. The average molecular weight is 1130 g/mol. The second kappa shape index (κ2) is 66.8. The number of amides is 1. The molecule has 1 N–H and O–H groups in total. The molecule has 14 heteroatoms. The lowest BCUT2D eigenvalue weighted by Gasteiger charge is -2.22. The molecule has 1 saturated heterocycles. The van der Waals surface area contributed by atoms with Gasteiger partial charge in [-0.25, -0.2) is 4.79 Å². The second-order valence-electron chi connectivity index (χ2n) is 21.1. The molecule has 1 unspecified atom stereocenters. The molecule has 79 heavy (non-hydrogen) atoms. The van der Waals surface area contributed by atoms with Crippen LogP contribution < -0.4 is 0 Å². The molecule has 14 nitrogen and oxygen atoms in total. The standard InChI is InChI=1S/C26H48O5.C23H42O6.C10H19NO2.C4H10.C2H6/c1-3-5-7-9-11-16-20-30-25(28)22-24(18-14-13-15-19-27)23-26(29)31-21-17-12-10-8-6-4-2;1-3-5-7-9-11-13-15-28-22(26)18-20(17-21(24)25)19-23(27)29-16-14-12-10-8-6-4-2;1-3-8-13-10(12)11-7-5-6-9(11)4-2;1-3-4-2;1-2/h19,24H,3-18,20-23H2,1-2H3;20H,3-19H2,1-2H3,(H,24,25);9H,3-8H2,1-2H3;3-4H2,1-2H3;1-2H3. The van der Waals surface area contributed by atoms with E-state index in [1.807, 2.05) is 25.7 Å². The van der Waals surface area contributed by atoms with E-state index in [0.29, 0.717) is 45.5 Å². The van der Waals surface area contributed by atoms with E-state index in [9.17, 15) is 33.6 Å². The highest BCUT2D eigenvalue weighted by atomic mass is 16.6. The third kappa shape index (κ3) is 61.8.